The van der Waals surface area contributed by atoms with Crippen LogP contribution < -0.4 is 15.4 Å². The van der Waals surface area contributed by atoms with Crippen molar-refractivity contribution in [2.45, 2.75) is 19.4 Å². The third-order valence-corrected chi connectivity index (χ3v) is 2.91. The Morgan fingerprint density at radius 1 is 1.27 bits per heavy atom. The van der Waals surface area contributed by atoms with E-state index in [1.807, 2.05) is 6.92 Å². The van der Waals surface area contributed by atoms with Crippen molar-refractivity contribution < 1.29 is 14.6 Å². The topological polar surface area (TPSA) is 96.4 Å². The summed E-state index contributed by atoms with van der Waals surface area (Å²) in [7, 11) is 0. The smallest absolute Gasteiger partial charge is 0.321 e. The molecule has 0 aliphatic heterocycles. The number of ether oxygens (including phenoxy) is 1. The Morgan fingerprint density at radius 2 is 1.95 bits per heavy atom. The fourth-order valence-corrected chi connectivity index (χ4v) is 1.68. The van der Waals surface area contributed by atoms with E-state index in [0.717, 1.165) is 0 Å². The van der Waals surface area contributed by atoms with Gasteiger partial charge in [0.15, 0.2) is 0 Å². The van der Waals surface area contributed by atoms with Crippen LogP contribution in [0.2, 0.25) is 0 Å². The number of aliphatic hydroxyl groups is 1. The van der Waals surface area contributed by atoms with Crippen molar-refractivity contribution in [3.63, 3.8) is 0 Å². The zero-order chi connectivity index (χ0) is 15.8. The summed E-state index contributed by atoms with van der Waals surface area (Å²) >= 11 is 0. The quantitative estimate of drug-likeness (QED) is 0.760. The lowest BCUT2D eigenvalue weighted by atomic mass is 10.2. The first-order valence-electron chi connectivity index (χ1n) is 6.94. The Labute approximate surface area is 128 Å². The molecule has 0 saturated carbocycles. The van der Waals surface area contributed by atoms with Gasteiger partial charge in [-0.2, -0.15) is 0 Å². The maximum atomic E-state index is 11.7. The highest BCUT2D eigenvalue weighted by atomic mass is 16.5. The van der Waals surface area contributed by atoms with E-state index in [1.54, 1.807) is 42.7 Å². The van der Waals surface area contributed by atoms with Gasteiger partial charge in [-0.25, -0.2) is 14.8 Å². The van der Waals surface area contributed by atoms with Crippen LogP contribution in [0.4, 0.5) is 10.5 Å². The minimum Gasteiger partial charge on any atom is -0.424 e. The van der Waals surface area contributed by atoms with Crippen LogP contribution >= 0.6 is 0 Å². The van der Waals surface area contributed by atoms with E-state index >= 15 is 0 Å². The molecule has 0 spiro atoms. The lowest BCUT2D eigenvalue weighted by Crippen LogP contribution is -2.39. The molecule has 0 radical (unpaired) electrons. The molecule has 1 aromatic heterocycles. The van der Waals surface area contributed by atoms with Gasteiger partial charge in [-0.15, -0.1) is 0 Å². The number of nitrogens with one attached hydrogen (secondary N) is 2. The summed E-state index contributed by atoms with van der Waals surface area (Å²) < 4.78 is 5.45. The number of hydrogen-bond acceptors (Lipinski definition) is 5. The summed E-state index contributed by atoms with van der Waals surface area (Å²) in [4.78, 5) is 19.7. The molecule has 0 saturated heterocycles. The number of carbonyl (C=O) groups excluding carboxylic acids is 1. The summed E-state index contributed by atoms with van der Waals surface area (Å²) in [6, 6.07) is 8.17. The van der Waals surface area contributed by atoms with Gasteiger partial charge in [0.05, 0.1) is 12.6 Å². The molecule has 1 aromatic carbocycles. The standard InChI is InChI=1S/C15H18N4O3/c1-2-11(10-20)18-14(21)19-12-4-6-13(7-5-12)22-15-16-8-3-9-17-15/h3-9,11,20H,2,10H2,1H3,(H2,18,19,21). The highest BCUT2D eigenvalue weighted by Gasteiger charge is 2.09. The van der Waals surface area contributed by atoms with Gasteiger partial charge in [0.25, 0.3) is 0 Å². The van der Waals surface area contributed by atoms with Crippen LogP contribution in [-0.2, 0) is 0 Å². The van der Waals surface area contributed by atoms with E-state index in [1.165, 1.54) is 0 Å². The summed E-state index contributed by atoms with van der Waals surface area (Å²) in [5, 5.41) is 14.4. The van der Waals surface area contributed by atoms with Crippen molar-refractivity contribution in [1.82, 2.24) is 15.3 Å². The Balaban J connectivity index is 1.90. The molecule has 1 atom stereocenters. The second kappa shape index (κ2) is 7.94. The lowest BCUT2D eigenvalue weighted by molar-refractivity contribution is 0.222. The zero-order valence-corrected chi connectivity index (χ0v) is 12.2. The highest BCUT2D eigenvalue weighted by molar-refractivity contribution is 5.89. The number of hydrogen-bond donors (Lipinski definition) is 3. The molecule has 0 aliphatic rings. The number of nitrogens with zero attached hydrogens (tertiary/aromatic N) is 2. The SMILES string of the molecule is CCC(CO)NC(=O)Nc1ccc(Oc2ncccn2)cc1. The second-order valence-electron chi connectivity index (χ2n) is 4.54. The molecule has 1 unspecified atom stereocenters. The number of aromatic nitrogens is 2. The lowest BCUT2D eigenvalue weighted by Gasteiger charge is -2.14. The van der Waals surface area contributed by atoms with Gasteiger partial charge in [-0.05, 0) is 36.8 Å². The molecule has 0 aliphatic carbocycles. The van der Waals surface area contributed by atoms with Crippen molar-refractivity contribution in [2.24, 2.45) is 0 Å². The maximum Gasteiger partial charge on any atom is 0.321 e. The summed E-state index contributed by atoms with van der Waals surface area (Å²) in [6.45, 7) is 1.80. The van der Waals surface area contributed by atoms with E-state index < -0.39 is 0 Å². The van der Waals surface area contributed by atoms with Crippen molar-refractivity contribution in [1.29, 1.82) is 0 Å². The molecule has 0 bridgehead atoms. The molecule has 2 rings (SSSR count). The van der Waals surface area contributed by atoms with Crippen LogP contribution in [0.15, 0.2) is 42.7 Å². The number of aliphatic hydroxyl groups excluding tert-OH is 1. The molecule has 2 amide bonds. The Kier molecular flexibility index (Phi) is 5.67. The van der Waals surface area contributed by atoms with E-state index in [-0.39, 0.29) is 24.7 Å². The summed E-state index contributed by atoms with van der Waals surface area (Å²) in [5.41, 5.74) is 0.617. The molecular weight excluding hydrogens is 284 g/mol. The number of benzene rings is 1. The molecule has 7 heteroatoms. The molecular formula is C15H18N4O3. The first-order valence-corrected chi connectivity index (χ1v) is 6.94. The van der Waals surface area contributed by atoms with Gasteiger partial charge in [0.2, 0.25) is 0 Å². The number of amides is 2. The van der Waals surface area contributed by atoms with Crippen molar-refractivity contribution in [2.75, 3.05) is 11.9 Å². The van der Waals surface area contributed by atoms with Gasteiger partial charge in [-0.3, -0.25) is 0 Å². The average molecular weight is 302 g/mol. The van der Waals surface area contributed by atoms with Crippen molar-refractivity contribution >= 4 is 11.7 Å². The first kappa shape index (κ1) is 15.7. The van der Waals surface area contributed by atoms with Crippen LogP contribution in [0.3, 0.4) is 0 Å². The third kappa shape index (κ3) is 4.71. The Bertz CT molecular complexity index is 585. The maximum absolute atomic E-state index is 11.7. The average Bonchev–Trinajstić information content (AvgIpc) is 2.55. The molecule has 0 fully saturated rings. The Morgan fingerprint density at radius 3 is 2.55 bits per heavy atom. The van der Waals surface area contributed by atoms with Gasteiger partial charge < -0.3 is 20.5 Å². The first-order chi connectivity index (χ1) is 10.7. The monoisotopic (exact) mass is 302 g/mol. The minimum absolute atomic E-state index is 0.0895. The molecule has 116 valence electrons. The molecule has 1 heterocycles. The Hall–Kier alpha value is -2.67. The van der Waals surface area contributed by atoms with Gasteiger partial charge in [0.1, 0.15) is 5.75 Å². The fraction of sp³-hybridized carbons (Fsp3) is 0.267. The van der Waals surface area contributed by atoms with Crippen molar-refractivity contribution in [3.8, 4) is 11.8 Å². The second-order valence-corrected chi connectivity index (χ2v) is 4.54. The largest absolute Gasteiger partial charge is 0.424 e. The zero-order valence-electron chi connectivity index (χ0n) is 12.2. The predicted octanol–water partition coefficient (Wildman–Crippen LogP) is 2.16. The van der Waals surface area contributed by atoms with E-state index in [0.29, 0.717) is 17.9 Å². The van der Waals surface area contributed by atoms with Crippen LogP contribution in [0, 0.1) is 0 Å². The van der Waals surface area contributed by atoms with Crippen LogP contribution in [0.1, 0.15) is 13.3 Å². The van der Waals surface area contributed by atoms with Crippen LogP contribution in [-0.4, -0.2) is 33.8 Å². The highest BCUT2D eigenvalue weighted by Crippen LogP contribution is 2.19. The number of carbonyl (C=O) groups is 1. The molecule has 3 N–H and O–H groups in total. The van der Waals surface area contributed by atoms with E-state index in [4.69, 9.17) is 9.84 Å². The van der Waals surface area contributed by atoms with Gasteiger partial charge in [-0.1, -0.05) is 6.92 Å². The number of urea groups is 1. The van der Waals surface area contributed by atoms with E-state index in [2.05, 4.69) is 20.6 Å². The van der Waals surface area contributed by atoms with Crippen LogP contribution in [0.25, 0.3) is 0 Å². The van der Waals surface area contributed by atoms with Gasteiger partial charge in [0, 0.05) is 18.1 Å². The normalized spacial score (nSPS) is 11.5. The summed E-state index contributed by atoms with van der Waals surface area (Å²) in [6.07, 6.45) is 3.84. The number of anilines is 1. The minimum atomic E-state index is -0.360. The number of rotatable bonds is 6. The molecule has 7 nitrogen and oxygen atoms in total. The molecule has 22 heavy (non-hydrogen) atoms. The molecule has 2 aromatic rings. The van der Waals surface area contributed by atoms with Gasteiger partial charge >= 0.3 is 12.0 Å². The predicted molar refractivity (Wildman–Crippen MR) is 81.9 cm³/mol. The van der Waals surface area contributed by atoms with Crippen molar-refractivity contribution in [3.05, 3.63) is 42.7 Å². The third-order valence-electron chi connectivity index (χ3n) is 2.91. The van der Waals surface area contributed by atoms with E-state index in [9.17, 15) is 4.79 Å². The van der Waals surface area contributed by atoms with Crippen LogP contribution in [0.5, 0.6) is 11.8 Å². The fourth-order valence-electron chi connectivity index (χ4n) is 1.68. The summed E-state index contributed by atoms with van der Waals surface area (Å²) in [5.74, 6) is 0.568.